The quantitative estimate of drug-likeness (QED) is 0.0909. The van der Waals surface area contributed by atoms with E-state index in [4.69, 9.17) is 0 Å². The topological polar surface area (TPSA) is 89.8 Å². The lowest BCUT2D eigenvalue weighted by Crippen LogP contribution is -2.48. The van der Waals surface area contributed by atoms with Crippen molar-refractivity contribution in [3.63, 3.8) is 0 Å². The van der Waals surface area contributed by atoms with Crippen LogP contribution in [-0.2, 0) is 4.79 Å². The number of rotatable bonds is 24. The van der Waals surface area contributed by atoms with E-state index >= 15 is 0 Å². The summed E-state index contributed by atoms with van der Waals surface area (Å²) in [5.74, 6) is -0.524. The Kier molecular flexibility index (Phi) is 24.6. The Morgan fingerprint density at radius 2 is 1.23 bits per heavy atom. The number of carbonyl (C=O) groups is 1. The molecule has 3 atom stereocenters. The largest absolute Gasteiger partial charge is 0.394 e. The molecule has 0 heterocycles. The predicted molar refractivity (Wildman–Crippen MR) is 148 cm³/mol. The minimum atomic E-state index is -1.10. The van der Waals surface area contributed by atoms with Gasteiger partial charge in [0, 0.05) is 0 Å². The van der Waals surface area contributed by atoms with E-state index in [0.29, 0.717) is 6.42 Å². The third-order valence-electron chi connectivity index (χ3n) is 6.31. The number of hydrogen-bond donors (Lipinski definition) is 4. The highest BCUT2D eigenvalue weighted by atomic mass is 16.3. The summed E-state index contributed by atoms with van der Waals surface area (Å²) in [4.78, 5) is 12.3. The van der Waals surface area contributed by atoms with Crippen LogP contribution in [0, 0.1) is 0 Å². The maximum Gasteiger partial charge on any atom is 0.249 e. The summed E-state index contributed by atoms with van der Waals surface area (Å²) in [6, 6.07) is -0.813. The first-order valence-corrected chi connectivity index (χ1v) is 14.3. The van der Waals surface area contributed by atoms with Crippen LogP contribution < -0.4 is 5.32 Å². The van der Waals surface area contributed by atoms with Crippen LogP contribution in [0.3, 0.4) is 0 Å². The number of allylic oxidation sites excluding steroid dienone is 5. The molecule has 0 rings (SSSR count). The molecule has 0 spiro atoms. The lowest BCUT2D eigenvalue weighted by atomic mass is 10.0. The zero-order chi connectivity index (χ0) is 26.0. The minimum Gasteiger partial charge on any atom is -0.394 e. The molecule has 1 amide bonds. The monoisotopic (exact) mass is 493 g/mol. The van der Waals surface area contributed by atoms with Crippen LogP contribution in [0.25, 0.3) is 0 Å². The zero-order valence-corrected chi connectivity index (χ0v) is 22.7. The fraction of sp³-hybridized carbons (Fsp3) is 0.767. The van der Waals surface area contributed by atoms with Crippen molar-refractivity contribution in [1.82, 2.24) is 5.32 Å². The molecule has 0 aromatic carbocycles. The summed E-state index contributed by atoms with van der Waals surface area (Å²) >= 11 is 0. The van der Waals surface area contributed by atoms with Gasteiger partial charge in [0.2, 0.25) is 5.91 Å². The molecule has 0 bridgehead atoms. The van der Waals surface area contributed by atoms with Gasteiger partial charge in [0.15, 0.2) is 0 Å². The van der Waals surface area contributed by atoms with Crippen molar-refractivity contribution >= 4 is 5.91 Å². The molecular weight excluding hydrogens is 438 g/mol. The Morgan fingerprint density at radius 3 is 1.74 bits per heavy atom. The molecule has 0 aliphatic heterocycles. The van der Waals surface area contributed by atoms with Gasteiger partial charge in [-0.25, -0.2) is 0 Å². The molecule has 3 unspecified atom stereocenters. The van der Waals surface area contributed by atoms with E-state index in [9.17, 15) is 20.1 Å². The van der Waals surface area contributed by atoms with Crippen molar-refractivity contribution in [3.05, 3.63) is 36.5 Å². The van der Waals surface area contributed by atoms with E-state index in [1.54, 1.807) is 6.08 Å². The van der Waals surface area contributed by atoms with Gasteiger partial charge in [0.25, 0.3) is 0 Å². The maximum absolute atomic E-state index is 12.3. The number of hydrogen-bond acceptors (Lipinski definition) is 4. The number of nitrogens with one attached hydrogen (secondary N) is 1. The summed E-state index contributed by atoms with van der Waals surface area (Å²) < 4.78 is 0. The predicted octanol–water partition coefficient (Wildman–Crippen LogP) is 6.53. The zero-order valence-electron chi connectivity index (χ0n) is 22.7. The molecule has 0 radical (unpaired) electrons. The van der Waals surface area contributed by atoms with Gasteiger partial charge in [-0.05, 0) is 39.0 Å². The molecule has 204 valence electrons. The number of unbranched alkanes of at least 4 members (excludes halogenated alkanes) is 13. The normalized spacial score (nSPS) is 14.8. The summed E-state index contributed by atoms with van der Waals surface area (Å²) in [5.41, 5.74) is 0. The molecule has 0 aromatic rings. The lowest BCUT2D eigenvalue weighted by Gasteiger charge is -2.21. The highest BCUT2D eigenvalue weighted by Gasteiger charge is 2.22. The Hall–Kier alpha value is -1.43. The number of carbonyl (C=O) groups excluding carboxylic acids is 1. The molecule has 35 heavy (non-hydrogen) atoms. The molecule has 0 saturated carbocycles. The van der Waals surface area contributed by atoms with Crippen LogP contribution in [0.5, 0.6) is 0 Å². The number of aliphatic hydroxyl groups is 3. The second-order valence-electron chi connectivity index (χ2n) is 9.61. The van der Waals surface area contributed by atoms with E-state index in [0.717, 1.165) is 44.9 Å². The Balaban J connectivity index is 3.89. The molecule has 0 fully saturated rings. The van der Waals surface area contributed by atoms with Crippen LogP contribution in [0.15, 0.2) is 36.5 Å². The van der Waals surface area contributed by atoms with E-state index in [-0.39, 0.29) is 6.61 Å². The van der Waals surface area contributed by atoms with Gasteiger partial charge in [-0.2, -0.15) is 0 Å². The van der Waals surface area contributed by atoms with E-state index < -0.39 is 24.2 Å². The Bertz CT molecular complexity index is 559. The third kappa shape index (κ3) is 21.6. The van der Waals surface area contributed by atoms with Crippen molar-refractivity contribution in [3.8, 4) is 0 Å². The van der Waals surface area contributed by atoms with Crippen molar-refractivity contribution in [2.45, 2.75) is 141 Å². The fourth-order valence-corrected chi connectivity index (χ4v) is 3.98. The van der Waals surface area contributed by atoms with Crippen molar-refractivity contribution in [2.75, 3.05) is 6.61 Å². The first kappa shape index (κ1) is 33.6. The average molecular weight is 494 g/mol. The van der Waals surface area contributed by atoms with Gasteiger partial charge in [0.1, 0.15) is 6.10 Å². The average Bonchev–Trinajstić information content (AvgIpc) is 2.86. The standard InChI is InChI=1S/C30H55NO4/c1-3-5-7-9-11-13-14-15-17-19-21-23-25-29(34)30(35)31-27(26-32)28(33)24-22-20-18-16-12-10-8-6-4-2/h4,6,12,16,22,24,27-29,32-34H,3,5,7-11,13-15,17-21,23,25-26H2,1-2H3,(H,31,35)/b6-4+,16-12+,24-22+. The molecule has 0 aliphatic carbocycles. The smallest absolute Gasteiger partial charge is 0.249 e. The molecular formula is C30H55NO4. The van der Waals surface area contributed by atoms with Crippen molar-refractivity contribution in [1.29, 1.82) is 0 Å². The highest BCUT2D eigenvalue weighted by Crippen LogP contribution is 2.13. The molecule has 4 N–H and O–H groups in total. The van der Waals surface area contributed by atoms with Gasteiger partial charge >= 0.3 is 0 Å². The summed E-state index contributed by atoms with van der Waals surface area (Å²) in [6.45, 7) is 3.88. The van der Waals surface area contributed by atoms with Gasteiger partial charge in [-0.15, -0.1) is 0 Å². The molecule has 5 nitrogen and oxygen atoms in total. The van der Waals surface area contributed by atoms with E-state index in [2.05, 4.69) is 30.5 Å². The van der Waals surface area contributed by atoms with Gasteiger partial charge in [-0.1, -0.05) is 120 Å². The maximum atomic E-state index is 12.3. The van der Waals surface area contributed by atoms with E-state index in [1.807, 2.05) is 19.1 Å². The summed E-state index contributed by atoms with van der Waals surface area (Å²) in [6.07, 6.45) is 28.8. The van der Waals surface area contributed by atoms with Crippen molar-refractivity contribution < 1.29 is 20.1 Å². The van der Waals surface area contributed by atoms with Crippen molar-refractivity contribution in [2.24, 2.45) is 0 Å². The van der Waals surface area contributed by atoms with Gasteiger partial charge in [0.05, 0.1) is 18.8 Å². The van der Waals surface area contributed by atoms with Gasteiger partial charge in [-0.3, -0.25) is 4.79 Å². The van der Waals surface area contributed by atoms with Crippen LogP contribution in [0.1, 0.15) is 123 Å². The minimum absolute atomic E-state index is 0.382. The molecule has 0 aliphatic rings. The van der Waals surface area contributed by atoms with Crippen LogP contribution in [0.2, 0.25) is 0 Å². The summed E-state index contributed by atoms with van der Waals surface area (Å²) in [5, 5.41) is 32.5. The molecule has 0 saturated heterocycles. The molecule has 5 heteroatoms. The Labute approximate surface area is 215 Å². The SMILES string of the molecule is C/C=C/CC/C=C/CC/C=C/C(O)C(CO)NC(=O)C(O)CCCCCCCCCCCCCC. The third-order valence-corrected chi connectivity index (χ3v) is 6.31. The van der Waals surface area contributed by atoms with E-state index in [1.165, 1.54) is 57.8 Å². The lowest BCUT2D eigenvalue weighted by molar-refractivity contribution is -0.131. The highest BCUT2D eigenvalue weighted by molar-refractivity contribution is 5.80. The second-order valence-corrected chi connectivity index (χ2v) is 9.61. The second kappa shape index (κ2) is 25.7. The number of amides is 1. The van der Waals surface area contributed by atoms with Crippen LogP contribution in [-0.4, -0.2) is 46.1 Å². The van der Waals surface area contributed by atoms with Gasteiger partial charge < -0.3 is 20.6 Å². The summed E-state index contributed by atoms with van der Waals surface area (Å²) in [7, 11) is 0. The first-order valence-electron chi connectivity index (χ1n) is 14.3. The fourth-order valence-electron chi connectivity index (χ4n) is 3.98. The first-order chi connectivity index (χ1) is 17.1. The van der Waals surface area contributed by atoms with Crippen LogP contribution in [0.4, 0.5) is 0 Å². The molecule has 0 aromatic heterocycles. The van der Waals surface area contributed by atoms with Crippen LogP contribution >= 0.6 is 0 Å². The Morgan fingerprint density at radius 1 is 0.743 bits per heavy atom. The number of aliphatic hydroxyl groups excluding tert-OH is 3.